The Hall–Kier alpha value is -0.240. The molecular weight excluding hydrogens is 234 g/mol. The van der Waals surface area contributed by atoms with Crippen molar-refractivity contribution in [3.8, 4) is 0 Å². The van der Waals surface area contributed by atoms with Crippen LogP contribution in [0.5, 0.6) is 0 Å². The molecule has 0 radical (unpaired) electrons. The Balaban J connectivity index is 1.39. The Morgan fingerprint density at radius 2 is 1.76 bits per heavy atom. The van der Waals surface area contributed by atoms with Crippen molar-refractivity contribution < 1.29 is 4.79 Å². The van der Waals surface area contributed by atoms with Gasteiger partial charge in [0.15, 0.2) is 0 Å². The number of rotatable bonds is 2. The molecule has 4 rings (SSSR count). The molecule has 1 N–H and O–H groups in total. The molecule has 0 aromatic heterocycles. The summed E-state index contributed by atoms with van der Waals surface area (Å²) in [6, 6.07) is 0.253. The number of fused-ring (bicyclic) bond motifs is 5. The molecule has 94 valence electrons. The van der Waals surface area contributed by atoms with E-state index in [2.05, 4.69) is 5.32 Å². The summed E-state index contributed by atoms with van der Waals surface area (Å²) in [6.07, 6.45) is 7.50. The second-order valence-corrected chi connectivity index (χ2v) is 7.14. The lowest BCUT2D eigenvalue weighted by Gasteiger charge is -2.17. The van der Waals surface area contributed by atoms with Crippen molar-refractivity contribution in [2.75, 3.05) is 0 Å². The van der Waals surface area contributed by atoms with Crippen molar-refractivity contribution in [1.82, 2.24) is 5.32 Å². The summed E-state index contributed by atoms with van der Waals surface area (Å²) in [5.41, 5.74) is 0. The maximum Gasteiger partial charge on any atom is 0.223 e. The van der Waals surface area contributed by atoms with E-state index < -0.39 is 0 Å². The highest BCUT2D eigenvalue weighted by Gasteiger charge is 2.67. The van der Waals surface area contributed by atoms with Crippen molar-refractivity contribution in [2.24, 2.45) is 29.6 Å². The highest BCUT2D eigenvalue weighted by molar-refractivity contribution is 6.21. The first kappa shape index (κ1) is 10.7. The van der Waals surface area contributed by atoms with Gasteiger partial charge in [0.05, 0.1) is 5.38 Å². The van der Waals surface area contributed by atoms with E-state index in [4.69, 9.17) is 11.6 Å². The number of halogens is 1. The lowest BCUT2D eigenvalue weighted by Crippen LogP contribution is -2.39. The smallest absolute Gasteiger partial charge is 0.223 e. The van der Waals surface area contributed by atoms with Crippen LogP contribution in [0.4, 0.5) is 0 Å². The van der Waals surface area contributed by atoms with E-state index >= 15 is 0 Å². The van der Waals surface area contributed by atoms with Crippen LogP contribution in [-0.4, -0.2) is 17.3 Å². The van der Waals surface area contributed by atoms with Gasteiger partial charge in [0.1, 0.15) is 0 Å². The number of carbonyl (C=O) groups is 1. The second-order valence-electron chi connectivity index (χ2n) is 6.58. The molecule has 4 fully saturated rings. The van der Waals surface area contributed by atoms with Crippen LogP contribution in [-0.2, 0) is 4.79 Å². The largest absolute Gasteiger partial charge is 0.352 e. The number of hydrogen-bond donors (Lipinski definition) is 1. The van der Waals surface area contributed by atoms with Crippen molar-refractivity contribution >= 4 is 17.5 Å². The van der Waals surface area contributed by atoms with E-state index in [1.54, 1.807) is 0 Å². The molecule has 1 amide bonds. The van der Waals surface area contributed by atoms with Crippen molar-refractivity contribution in [3.63, 3.8) is 0 Å². The van der Waals surface area contributed by atoms with Gasteiger partial charge in [-0.25, -0.2) is 0 Å². The standard InChI is InChI=1S/C14H20ClNO/c15-9-2-1-3-10(9)16-14(17)13-11-7-4-5-8(6-7)12(11)13/h7-13H,1-6H2,(H,16,17). The van der Waals surface area contributed by atoms with E-state index in [-0.39, 0.29) is 11.4 Å². The van der Waals surface area contributed by atoms with Crippen LogP contribution < -0.4 is 5.32 Å². The van der Waals surface area contributed by atoms with Gasteiger partial charge in [-0.2, -0.15) is 0 Å². The van der Waals surface area contributed by atoms with E-state index in [1.807, 2.05) is 0 Å². The first-order valence-corrected chi connectivity index (χ1v) is 7.64. The van der Waals surface area contributed by atoms with Crippen LogP contribution in [0.25, 0.3) is 0 Å². The maximum atomic E-state index is 12.3. The van der Waals surface area contributed by atoms with Crippen LogP contribution in [0.2, 0.25) is 0 Å². The number of alkyl halides is 1. The van der Waals surface area contributed by atoms with Gasteiger partial charge in [0.25, 0.3) is 0 Å². The summed E-state index contributed by atoms with van der Waals surface area (Å²) in [7, 11) is 0. The zero-order valence-corrected chi connectivity index (χ0v) is 10.8. The molecule has 0 aromatic rings. The SMILES string of the molecule is O=C(NC1CCCC1Cl)C1C2C3CCC(C3)C12. The van der Waals surface area contributed by atoms with Gasteiger partial charge in [-0.3, -0.25) is 4.79 Å². The molecule has 2 nitrogen and oxygen atoms in total. The van der Waals surface area contributed by atoms with Gasteiger partial charge in [0.2, 0.25) is 5.91 Å². The molecule has 0 aliphatic heterocycles. The number of carbonyl (C=O) groups excluding carboxylic acids is 1. The van der Waals surface area contributed by atoms with E-state index in [0.717, 1.165) is 36.5 Å². The topological polar surface area (TPSA) is 29.1 Å². The average molecular weight is 254 g/mol. The molecule has 0 heterocycles. The van der Waals surface area contributed by atoms with Gasteiger partial charge in [-0.15, -0.1) is 11.6 Å². The first-order valence-electron chi connectivity index (χ1n) is 7.20. The minimum Gasteiger partial charge on any atom is -0.352 e. The highest BCUT2D eigenvalue weighted by atomic mass is 35.5. The number of hydrogen-bond acceptors (Lipinski definition) is 1. The summed E-state index contributed by atoms with van der Waals surface area (Å²) in [5.74, 6) is 3.97. The molecule has 0 saturated heterocycles. The first-order chi connectivity index (χ1) is 8.25. The minimum absolute atomic E-state index is 0.175. The van der Waals surface area contributed by atoms with Gasteiger partial charge < -0.3 is 5.32 Å². The molecule has 4 aliphatic rings. The highest BCUT2D eigenvalue weighted by Crippen LogP contribution is 2.69. The fourth-order valence-electron chi connectivity index (χ4n) is 5.03. The number of amides is 1. The van der Waals surface area contributed by atoms with Crippen molar-refractivity contribution in [3.05, 3.63) is 0 Å². The van der Waals surface area contributed by atoms with Gasteiger partial charge in [-0.05, 0) is 62.2 Å². The van der Waals surface area contributed by atoms with Crippen molar-refractivity contribution in [1.29, 1.82) is 0 Å². The van der Waals surface area contributed by atoms with Crippen LogP contribution in [0, 0.1) is 29.6 Å². The molecule has 4 aliphatic carbocycles. The molecule has 3 heteroatoms. The minimum atomic E-state index is 0.175. The van der Waals surface area contributed by atoms with Gasteiger partial charge in [0, 0.05) is 12.0 Å². The molecule has 6 atom stereocenters. The van der Waals surface area contributed by atoms with Crippen LogP contribution in [0.3, 0.4) is 0 Å². The lowest BCUT2D eigenvalue weighted by molar-refractivity contribution is -0.124. The Morgan fingerprint density at radius 1 is 1.06 bits per heavy atom. The summed E-state index contributed by atoms with van der Waals surface area (Å²) in [6.45, 7) is 0. The molecule has 17 heavy (non-hydrogen) atoms. The van der Waals surface area contributed by atoms with Crippen LogP contribution in [0.1, 0.15) is 38.5 Å². The third kappa shape index (κ3) is 1.49. The predicted octanol–water partition coefficient (Wildman–Crippen LogP) is 2.55. The zero-order valence-electron chi connectivity index (χ0n) is 10.1. The van der Waals surface area contributed by atoms with Gasteiger partial charge in [-0.1, -0.05) is 0 Å². The molecule has 6 unspecified atom stereocenters. The van der Waals surface area contributed by atoms with E-state index in [0.29, 0.717) is 11.8 Å². The van der Waals surface area contributed by atoms with Gasteiger partial charge >= 0.3 is 0 Å². The summed E-state index contributed by atoms with van der Waals surface area (Å²) < 4.78 is 0. The van der Waals surface area contributed by atoms with Crippen LogP contribution in [0.15, 0.2) is 0 Å². The van der Waals surface area contributed by atoms with Crippen molar-refractivity contribution in [2.45, 2.75) is 49.9 Å². The zero-order chi connectivity index (χ0) is 11.6. The molecule has 0 aromatic carbocycles. The third-order valence-electron chi connectivity index (χ3n) is 5.80. The summed E-state index contributed by atoms with van der Waals surface area (Å²) in [5, 5.41) is 3.39. The average Bonchev–Trinajstić information content (AvgIpc) is 2.64. The fraction of sp³-hybridized carbons (Fsp3) is 0.929. The molecule has 0 spiro atoms. The lowest BCUT2D eigenvalue weighted by atomic mass is 10.0. The summed E-state index contributed by atoms with van der Waals surface area (Å²) in [4.78, 5) is 12.3. The quantitative estimate of drug-likeness (QED) is 0.753. The van der Waals surface area contributed by atoms with E-state index in [1.165, 1.54) is 25.7 Å². The van der Waals surface area contributed by atoms with E-state index in [9.17, 15) is 4.79 Å². The summed E-state index contributed by atoms with van der Waals surface area (Å²) >= 11 is 6.22. The second kappa shape index (κ2) is 3.63. The Morgan fingerprint density at radius 3 is 2.35 bits per heavy atom. The predicted molar refractivity (Wildman–Crippen MR) is 66.7 cm³/mol. The fourth-order valence-corrected chi connectivity index (χ4v) is 5.38. The van der Waals surface area contributed by atoms with Crippen LogP contribution >= 0.6 is 11.6 Å². The molecule has 4 saturated carbocycles. The maximum absolute atomic E-state index is 12.3. The normalized spacial score (nSPS) is 54.8. The monoisotopic (exact) mass is 253 g/mol. The Bertz CT molecular complexity index is 342. The third-order valence-corrected chi connectivity index (χ3v) is 6.32. The molecule has 2 bridgehead atoms. The molecular formula is C14H20ClNO. The Labute approximate surface area is 107 Å². The Kier molecular flexibility index (Phi) is 2.28. The number of nitrogens with one attached hydrogen (secondary N) is 1.